The predicted molar refractivity (Wildman–Crippen MR) is 94.5 cm³/mol. The average molecular weight is 330 g/mol. The van der Waals surface area contributed by atoms with E-state index in [1.807, 2.05) is 19.1 Å². The number of thiazole rings is 1. The van der Waals surface area contributed by atoms with Crippen LogP contribution in [0.15, 0.2) is 12.1 Å². The van der Waals surface area contributed by atoms with Crippen LogP contribution >= 0.6 is 11.3 Å². The first-order valence-electron chi connectivity index (χ1n) is 8.38. The molecule has 122 valence electrons. The van der Waals surface area contributed by atoms with Crippen molar-refractivity contribution < 1.29 is 4.79 Å². The fourth-order valence-corrected chi connectivity index (χ4v) is 4.26. The van der Waals surface area contributed by atoms with E-state index in [1.54, 1.807) is 11.3 Å². The van der Waals surface area contributed by atoms with Crippen LogP contribution in [0.3, 0.4) is 0 Å². The summed E-state index contributed by atoms with van der Waals surface area (Å²) in [5, 5.41) is 7.56. The summed E-state index contributed by atoms with van der Waals surface area (Å²) in [5.41, 5.74) is 2.88. The van der Waals surface area contributed by atoms with Gasteiger partial charge in [0.25, 0.3) is 5.91 Å². The van der Waals surface area contributed by atoms with Crippen LogP contribution in [0, 0.1) is 6.92 Å². The number of hydrogen-bond donors (Lipinski definition) is 2. The topological polar surface area (TPSA) is 57.3 Å². The van der Waals surface area contributed by atoms with E-state index >= 15 is 0 Å². The molecule has 1 aromatic carbocycles. The molecule has 2 aliphatic rings. The zero-order valence-corrected chi connectivity index (χ0v) is 14.2. The van der Waals surface area contributed by atoms with Crippen LogP contribution in [-0.4, -0.2) is 43.1 Å². The number of nitrogens with one attached hydrogen (secondary N) is 2. The summed E-state index contributed by atoms with van der Waals surface area (Å²) < 4.78 is 1.11. The van der Waals surface area contributed by atoms with Gasteiger partial charge in [0, 0.05) is 37.8 Å². The van der Waals surface area contributed by atoms with Crippen molar-refractivity contribution in [3.63, 3.8) is 0 Å². The van der Waals surface area contributed by atoms with Crippen molar-refractivity contribution in [3.8, 4) is 0 Å². The third-order valence-corrected chi connectivity index (χ3v) is 5.83. The van der Waals surface area contributed by atoms with Crippen molar-refractivity contribution >= 4 is 32.6 Å². The number of piperazine rings is 1. The number of carbonyl (C=O) groups excluding carboxylic acids is 1. The molecule has 5 nitrogen and oxygen atoms in total. The second-order valence-electron chi connectivity index (χ2n) is 6.47. The molecule has 2 heterocycles. The van der Waals surface area contributed by atoms with E-state index in [2.05, 4.69) is 15.5 Å². The van der Waals surface area contributed by atoms with Crippen molar-refractivity contribution in [2.75, 3.05) is 31.1 Å². The monoisotopic (exact) mass is 330 g/mol. The van der Waals surface area contributed by atoms with Gasteiger partial charge in [-0.15, -0.1) is 0 Å². The normalized spacial score (nSPS) is 18.9. The minimum absolute atomic E-state index is 0.0526. The maximum Gasteiger partial charge on any atom is 0.251 e. The van der Waals surface area contributed by atoms with Crippen LogP contribution < -0.4 is 15.5 Å². The molecule has 4 rings (SSSR count). The zero-order chi connectivity index (χ0) is 15.8. The van der Waals surface area contributed by atoms with Gasteiger partial charge in [-0.05, 0) is 43.9 Å². The Labute approximate surface area is 140 Å². The maximum atomic E-state index is 12.4. The first kappa shape index (κ1) is 14.9. The highest BCUT2D eigenvalue weighted by molar-refractivity contribution is 7.22. The Kier molecular flexibility index (Phi) is 3.95. The molecular weight excluding hydrogens is 308 g/mol. The summed E-state index contributed by atoms with van der Waals surface area (Å²) in [6.45, 7) is 6.04. The molecule has 2 fully saturated rings. The smallest absolute Gasteiger partial charge is 0.251 e. The van der Waals surface area contributed by atoms with Crippen molar-refractivity contribution in [1.82, 2.24) is 15.6 Å². The molecule has 0 bridgehead atoms. The Hall–Kier alpha value is -1.66. The first-order valence-corrected chi connectivity index (χ1v) is 9.20. The summed E-state index contributed by atoms with van der Waals surface area (Å²) in [6.07, 6.45) is 3.45. The summed E-state index contributed by atoms with van der Waals surface area (Å²) in [4.78, 5) is 19.5. The SMILES string of the molecule is Cc1cc(C(=O)NC2CCC2)cc2sc(N3CCNCC3)nc12. The number of benzene rings is 1. The molecule has 0 atom stereocenters. The average Bonchev–Trinajstić information content (AvgIpc) is 2.96. The lowest BCUT2D eigenvalue weighted by Crippen LogP contribution is -2.43. The lowest BCUT2D eigenvalue weighted by Gasteiger charge is -2.26. The van der Waals surface area contributed by atoms with E-state index in [4.69, 9.17) is 4.98 Å². The molecule has 23 heavy (non-hydrogen) atoms. The van der Waals surface area contributed by atoms with Crippen LogP contribution in [-0.2, 0) is 0 Å². The molecule has 6 heteroatoms. The van der Waals surface area contributed by atoms with Crippen LogP contribution in [0.25, 0.3) is 10.2 Å². The molecule has 1 aliphatic carbocycles. The van der Waals surface area contributed by atoms with E-state index in [0.29, 0.717) is 6.04 Å². The third-order valence-electron chi connectivity index (χ3n) is 4.76. The van der Waals surface area contributed by atoms with Crippen molar-refractivity contribution in [1.29, 1.82) is 0 Å². The third kappa shape index (κ3) is 2.93. The van der Waals surface area contributed by atoms with Crippen molar-refractivity contribution in [3.05, 3.63) is 23.3 Å². The molecule has 2 N–H and O–H groups in total. The van der Waals surface area contributed by atoms with E-state index in [9.17, 15) is 4.79 Å². The molecule has 1 saturated heterocycles. The largest absolute Gasteiger partial charge is 0.349 e. The molecule has 2 aromatic rings. The fraction of sp³-hybridized carbons (Fsp3) is 0.529. The number of aromatic nitrogens is 1. The highest BCUT2D eigenvalue weighted by Crippen LogP contribution is 2.32. The number of hydrogen-bond acceptors (Lipinski definition) is 5. The second kappa shape index (κ2) is 6.09. The summed E-state index contributed by atoms with van der Waals surface area (Å²) >= 11 is 1.70. The number of rotatable bonds is 3. The molecule has 1 amide bonds. The van der Waals surface area contributed by atoms with E-state index < -0.39 is 0 Å². The predicted octanol–water partition coefficient (Wildman–Crippen LogP) is 2.30. The highest BCUT2D eigenvalue weighted by atomic mass is 32.1. The van der Waals surface area contributed by atoms with E-state index in [0.717, 1.165) is 65.5 Å². The van der Waals surface area contributed by atoms with Crippen LogP contribution in [0.4, 0.5) is 5.13 Å². The molecule has 0 radical (unpaired) electrons. The number of nitrogens with zero attached hydrogens (tertiary/aromatic N) is 2. The van der Waals surface area contributed by atoms with Crippen molar-refractivity contribution in [2.24, 2.45) is 0 Å². The molecule has 0 unspecified atom stereocenters. The number of anilines is 1. The highest BCUT2D eigenvalue weighted by Gasteiger charge is 2.21. The van der Waals surface area contributed by atoms with Gasteiger partial charge in [-0.3, -0.25) is 4.79 Å². The maximum absolute atomic E-state index is 12.4. The second-order valence-corrected chi connectivity index (χ2v) is 7.48. The summed E-state index contributed by atoms with van der Waals surface area (Å²) in [7, 11) is 0. The summed E-state index contributed by atoms with van der Waals surface area (Å²) in [5.74, 6) is 0.0526. The van der Waals surface area contributed by atoms with Gasteiger partial charge in [0.1, 0.15) is 0 Å². The zero-order valence-electron chi connectivity index (χ0n) is 13.4. The van der Waals surface area contributed by atoms with Gasteiger partial charge >= 0.3 is 0 Å². The van der Waals surface area contributed by atoms with Gasteiger partial charge in [-0.1, -0.05) is 11.3 Å². The lowest BCUT2D eigenvalue weighted by molar-refractivity contribution is 0.0917. The Bertz CT molecular complexity index is 732. The quantitative estimate of drug-likeness (QED) is 0.907. The van der Waals surface area contributed by atoms with Crippen LogP contribution in [0.5, 0.6) is 0 Å². The van der Waals surface area contributed by atoms with Gasteiger partial charge < -0.3 is 15.5 Å². The molecule has 0 spiro atoms. The van der Waals surface area contributed by atoms with E-state index in [1.165, 1.54) is 6.42 Å². The minimum Gasteiger partial charge on any atom is -0.349 e. The number of fused-ring (bicyclic) bond motifs is 1. The number of aryl methyl sites for hydroxylation is 1. The molecule has 1 saturated carbocycles. The molecular formula is C17H22N4OS. The Balaban J connectivity index is 1.62. The van der Waals surface area contributed by atoms with Gasteiger partial charge in [0.2, 0.25) is 0 Å². The summed E-state index contributed by atoms with van der Waals surface area (Å²) in [6, 6.07) is 4.34. The van der Waals surface area contributed by atoms with Crippen LogP contribution in [0.1, 0.15) is 35.2 Å². The Morgan fingerprint density at radius 1 is 1.35 bits per heavy atom. The van der Waals surface area contributed by atoms with Gasteiger partial charge in [-0.2, -0.15) is 0 Å². The van der Waals surface area contributed by atoms with Gasteiger partial charge in [0.15, 0.2) is 5.13 Å². The Morgan fingerprint density at radius 3 is 2.83 bits per heavy atom. The van der Waals surface area contributed by atoms with Gasteiger partial charge in [-0.25, -0.2) is 4.98 Å². The fourth-order valence-electron chi connectivity index (χ4n) is 3.13. The first-order chi connectivity index (χ1) is 11.2. The standard InChI is InChI=1S/C17H22N4OS/c1-11-9-12(16(22)19-13-3-2-4-13)10-14-15(11)20-17(23-14)21-7-5-18-6-8-21/h9-10,13,18H,2-8H2,1H3,(H,19,22). The number of carbonyl (C=O) groups is 1. The van der Waals surface area contributed by atoms with Gasteiger partial charge in [0.05, 0.1) is 10.2 Å². The Morgan fingerprint density at radius 2 is 2.13 bits per heavy atom. The van der Waals surface area contributed by atoms with E-state index in [-0.39, 0.29) is 5.91 Å². The van der Waals surface area contributed by atoms with Crippen molar-refractivity contribution in [2.45, 2.75) is 32.2 Å². The minimum atomic E-state index is 0.0526. The number of amides is 1. The lowest BCUT2D eigenvalue weighted by atomic mass is 9.93. The molecule has 1 aromatic heterocycles. The molecule has 1 aliphatic heterocycles. The van der Waals surface area contributed by atoms with Crippen LogP contribution in [0.2, 0.25) is 0 Å².